The van der Waals surface area contributed by atoms with E-state index in [-0.39, 0.29) is 5.56 Å². The van der Waals surface area contributed by atoms with Crippen molar-refractivity contribution in [3.8, 4) is 0 Å². The number of aryl methyl sites for hydroxylation is 1. The molecule has 0 bridgehead atoms. The molecular formula is C11H20N4O. The minimum atomic E-state index is -0.0444. The molecule has 16 heavy (non-hydrogen) atoms. The summed E-state index contributed by atoms with van der Waals surface area (Å²) in [4.78, 5) is 15.9. The summed E-state index contributed by atoms with van der Waals surface area (Å²) in [6.45, 7) is 4.21. The predicted molar refractivity (Wildman–Crippen MR) is 65.6 cm³/mol. The zero-order valence-corrected chi connectivity index (χ0v) is 9.78. The molecule has 5 heteroatoms. The lowest BCUT2D eigenvalue weighted by molar-refractivity contribution is 0.648. The molecule has 5 nitrogen and oxygen atoms in total. The number of anilines is 1. The van der Waals surface area contributed by atoms with Gasteiger partial charge in [0.25, 0.3) is 5.56 Å². The lowest BCUT2D eigenvalue weighted by atomic mass is 10.3. The number of rotatable bonds is 7. The summed E-state index contributed by atoms with van der Waals surface area (Å²) in [7, 11) is 0. The molecule has 1 aromatic rings. The van der Waals surface area contributed by atoms with Crippen molar-refractivity contribution in [1.29, 1.82) is 0 Å². The van der Waals surface area contributed by atoms with Crippen molar-refractivity contribution < 1.29 is 0 Å². The third-order valence-electron chi connectivity index (χ3n) is 2.30. The molecule has 0 aliphatic rings. The molecule has 0 saturated heterocycles. The smallest absolute Gasteiger partial charge is 0.293 e. The highest BCUT2D eigenvalue weighted by Gasteiger charge is 2.02. The van der Waals surface area contributed by atoms with Gasteiger partial charge >= 0.3 is 0 Å². The number of hydrogen-bond acceptors (Lipinski definition) is 4. The summed E-state index contributed by atoms with van der Waals surface area (Å²) in [5, 5.41) is 3.05. The van der Waals surface area contributed by atoms with Crippen molar-refractivity contribution in [2.75, 3.05) is 18.4 Å². The molecule has 0 aliphatic heterocycles. The number of aromatic nitrogens is 2. The summed E-state index contributed by atoms with van der Waals surface area (Å²) >= 11 is 0. The summed E-state index contributed by atoms with van der Waals surface area (Å²) in [5.74, 6) is 0.438. The second-order valence-corrected chi connectivity index (χ2v) is 3.70. The monoisotopic (exact) mass is 224 g/mol. The summed E-state index contributed by atoms with van der Waals surface area (Å²) in [6, 6.07) is 0. The highest BCUT2D eigenvalue weighted by molar-refractivity contribution is 5.30. The molecule has 0 unspecified atom stereocenters. The highest BCUT2D eigenvalue weighted by atomic mass is 16.1. The van der Waals surface area contributed by atoms with E-state index in [1.807, 2.05) is 6.92 Å². The van der Waals surface area contributed by atoms with E-state index in [4.69, 9.17) is 5.73 Å². The lowest BCUT2D eigenvalue weighted by Gasteiger charge is -2.07. The van der Waals surface area contributed by atoms with E-state index in [9.17, 15) is 4.79 Å². The van der Waals surface area contributed by atoms with Crippen molar-refractivity contribution in [1.82, 2.24) is 9.55 Å². The third kappa shape index (κ3) is 3.66. The van der Waals surface area contributed by atoms with Gasteiger partial charge in [-0.2, -0.15) is 0 Å². The Kier molecular flexibility index (Phi) is 5.56. The van der Waals surface area contributed by atoms with Crippen LogP contribution in [0.15, 0.2) is 17.2 Å². The van der Waals surface area contributed by atoms with Crippen LogP contribution in [0.5, 0.6) is 0 Å². The first-order valence-corrected chi connectivity index (χ1v) is 5.79. The molecule has 0 spiro atoms. The van der Waals surface area contributed by atoms with Gasteiger partial charge in [-0.25, -0.2) is 4.98 Å². The molecule has 0 atom stereocenters. The second kappa shape index (κ2) is 7.00. The number of nitrogens with one attached hydrogen (secondary N) is 1. The maximum absolute atomic E-state index is 11.8. The standard InChI is InChI=1S/C11H20N4O/c1-2-8-15-9-7-14-10(11(15)16)13-6-4-3-5-12/h7,9H,2-6,8,12H2,1H3,(H,13,14). The van der Waals surface area contributed by atoms with Crippen LogP contribution in [-0.4, -0.2) is 22.6 Å². The Balaban J connectivity index is 2.59. The van der Waals surface area contributed by atoms with Crippen LogP contribution in [0, 0.1) is 0 Å². The van der Waals surface area contributed by atoms with Crippen LogP contribution in [0.2, 0.25) is 0 Å². The zero-order chi connectivity index (χ0) is 11.8. The van der Waals surface area contributed by atoms with Gasteiger partial charge in [-0.3, -0.25) is 4.79 Å². The van der Waals surface area contributed by atoms with Crippen LogP contribution in [0.1, 0.15) is 26.2 Å². The molecule has 0 aliphatic carbocycles. The Labute approximate surface area is 95.7 Å². The van der Waals surface area contributed by atoms with E-state index in [1.165, 1.54) is 0 Å². The largest absolute Gasteiger partial charge is 0.365 e. The molecular weight excluding hydrogens is 204 g/mol. The first-order valence-electron chi connectivity index (χ1n) is 5.79. The molecule has 1 aromatic heterocycles. The van der Waals surface area contributed by atoms with E-state index in [1.54, 1.807) is 17.0 Å². The summed E-state index contributed by atoms with van der Waals surface area (Å²) in [6.07, 6.45) is 6.24. The normalized spacial score (nSPS) is 10.4. The molecule has 3 N–H and O–H groups in total. The number of hydrogen-bond donors (Lipinski definition) is 2. The van der Waals surface area contributed by atoms with Gasteiger partial charge in [0.2, 0.25) is 0 Å². The number of nitrogens with two attached hydrogens (primary N) is 1. The third-order valence-corrected chi connectivity index (χ3v) is 2.30. The van der Waals surface area contributed by atoms with E-state index in [2.05, 4.69) is 10.3 Å². The van der Waals surface area contributed by atoms with E-state index < -0.39 is 0 Å². The maximum atomic E-state index is 11.8. The van der Waals surface area contributed by atoms with Crippen LogP contribution in [0.4, 0.5) is 5.82 Å². The Morgan fingerprint density at radius 2 is 2.31 bits per heavy atom. The summed E-state index contributed by atoms with van der Waals surface area (Å²) in [5.41, 5.74) is 5.35. The fourth-order valence-corrected chi connectivity index (χ4v) is 1.46. The van der Waals surface area contributed by atoms with Gasteiger partial charge in [-0.05, 0) is 25.8 Å². The quantitative estimate of drug-likeness (QED) is 0.672. The van der Waals surface area contributed by atoms with Crippen molar-refractivity contribution in [3.05, 3.63) is 22.7 Å². The maximum Gasteiger partial charge on any atom is 0.293 e. The van der Waals surface area contributed by atoms with Gasteiger partial charge in [0, 0.05) is 25.5 Å². The first-order chi connectivity index (χ1) is 7.79. The van der Waals surface area contributed by atoms with Crippen LogP contribution in [0.25, 0.3) is 0 Å². The average molecular weight is 224 g/mol. The van der Waals surface area contributed by atoms with Crippen molar-refractivity contribution in [3.63, 3.8) is 0 Å². The Morgan fingerprint density at radius 3 is 3.00 bits per heavy atom. The van der Waals surface area contributed by atoms with Crippen LogP contribution in [0.3, 0.4) is 0 Å². The van der Waals surface area contributed by atoms with Gasteiger partial charge in [-0.15, -0.1) is 0 Å². The SMILES string of the molecule is CCCn1ccnc(NCCCCN)c1=O. The van der Waals surface area contributed by atoms with Crippen molar-refractivity contribution >= 4 is 5.82 Å². The molecule has 0 radical (unpaired) electrons. The molecule has 0 fully saturated rings. The van der Waals surface area contributed by atoms with Gasteiger partial charge in [0.1, 0.15) is 0 Å². The topological polar surface area (TPSA) is 72.9 Å². The van der Waals surface area contributed by atoms with Gasteiger partial charge in [0.05, 0.1) is 0 Å². The van der Waals surface area contributed by atoms with E-state index in [0.29, 0.717) is 12.4 Å². The van der Waals surface area contributed by atoms with Crippen LogP contribution < -0.4 is 16.6 Å². The lowest BCUT2D eigenvalue weighted by Crippen LogP contribution is -2.24. The zero-order valence-electron chi connectivity index (χ0n) is 9.78. The Hall–Kier alpha value is -1.36. The van der Waals surface area contributed by atoms with Crippen molar-refractivity contribution in [2.24, 2.45) is 5.73 Å². The molecule has 0 aromatic carbocycles. The fraction of sp³-hybridized carbons (Fsp3) is 0.636. The molecule has 1 rings (SSSR count). The number of unbranched alkanes of at least 4 members (excludes halogenated alkanes) is 1. The van der Waals surface area contributed by atoms with Crippen LogP contribution >= 0.6 is 0 Å². The molecule has 0 amide bonds. The second-order valence-electron chi connectivity index (χ2n) is 3.70. The molecule has 1 heterocycles. The number of nitrogens with zero attached hydrogens (tertiary/aromatic N) is 2. The minimum absolute atomic E-state index is 0.0444. The molecule has 90 valence electrons. The van der Waals surface area contributed by atoms with Gasteiger partial charge in [-0.1, -0.05) is 6.92 Å². The van der Waals surface area contributed by atoms with Crippen molar-refractivity contribution in [2.45, 2.75) is 32.7 Å². The van der Waals surface area contributed by atoms with E-state index in [0.717, 1.165) is 32.4 Å². The highest BCUT2D eigenvalue weighted by Crippen LogP contribution is 1.95. The van der Waals surface area contributed by atoms with Gasteiger partial charge < -0.3 is 15.6 Å². The van der Waals surface area contributed by atoms with E-state index >= 15 is 0 Å². The van der Waals surface area contributed by atoms with Crippen LogP contribution in [-0.2, 0) is 6.54 Å². The average Bonchev–Trinajstić information content (AvgIpc) is 2.29. The molecule has 0 saturated carbocycles. The first kappa shape index (κ1) is 12.7. The Morgan fingerprint density at radius 1 is 1.50 bits per heavy atom. The van der Waals surface area contributed by atoms with Gasteiger partial charge in [0.15, 0.2) is 5.82 Å². The predicted octanol–water partition coefficient (Wildman–Crippen LogP) is 0.804. The Bertz CT molecular complexity index is 361. The fourth-order valence-electron chi connectivity index (χ4n) is 1.46. The summed E-state index contributed by atoms with van der Waals surface area (Å²) < 4.78 is 1.68. The minimum Gasteiger partial charge on any atom is -0.365 e.